The average Bonchev–Trinajstić information content (AvgIpc) is 2.93. The minimum atomic E-state index is -0.369. The Bertz CT molecular complexity index is 624. The van der Waals surface area contributed by atoms with Crippen LogP contribution in [0.2, 0.25) is 0 Å². The Hall–Kier alpha value is -2.41. The second kappa shape index (κ2) is 6.85. The first kappa shape index (κ1) is 15.0. The number of aliphatic hydroxyl groups is 1. The molecule has 112 valence electrons. The van der Waals surface area contributed by atoms with E-state index in [0.717, 1.165) is 16.9 Å². The molecule has 2 N–H and O–H groups in total. The molecule has 0 amide bonds. The van der Waals surface area contributed by atoms with Gasteiger partial charge in [0.1, 0.15) is 5.69 Å². The molecule has 0 saturated carbocycles. The SMILES string of the molecule is COC(=O)c1ccc(C)c(NCc2cn(CCO)nn2)c1. The van der Waals surface area contributed by atoms with Crippen LogP contribution in [-0.2, 0) is 17.8 Å². The highest BCUT2D eigenvalue weighted by atomic mass is 16.5. The minimum absolute atomic E-state index is 0.0243. The van der Waals surface area contributed by atoms with E-state index in [1.165, 1.54) is 7.11 Å². The van der Waals surface area contributed by atoms with Crippen molar-refractivity contribution in [2.45, 2.75) is 20.0 Å². The highest BCUT2D eigenvalue weighted by Gasteiger charge is 2.08. The molecule has 0 fully saturated rings. The van der Waals surface area contributed by atoms with Crippen molar-refractivity contribution < 1.29 is 14.6 Å². The van der Waals surface area contributed by atoms with Gasteiger partial charge in [-0.05, 0) is 24.6 Å². The monoisotopic (exact) mass is 290 g/mol. The van der Waals surface area contributed by atoms with E-state index in [2.05, 4.69) is 15.6 Å². The number of nitrogens with zero attached hydrogens (tertiary/aromatic N) is 3. The van der Waals surface area contributed by atoms with Crippen LogP contribution in [0.15, 0.2) is 24.4 Å². The molecule has 0 atom stereocenters. The third kappa shape index (κ3) is 3.79. The molecule has 1 aromatic carbocycles. The second-order valence-electron chi connectivity index (χ2n) is 4.57. The van der Waals surface area contributed by atoms with Crippen LogP contribution in [0.1, 0.15) is 21.6 Å². The van der Waals surface area contributed by atoms with Gasteiger partial charge in [-0.2, -0.15) is 0 Å². The molecule has 0 bridgehead atoms. The number of aryl methyl sites for hydroxylation is 1. The van der Waals surface area contributed by atoms with E-state index in [9.17, 15) is 4.79 Å². The normalized spacial score (nSPS) is 10.4. The predicted molar refractivity (Wildman–Crippen MR) is 77.0 cm³/mol. The lowest BCUT2D eigenvalue weighted by Gasteiger charge is -2.09. The topological polar surface area (TPSA) is 89.3 Å². The van der Waals surface area contributed by atoms with Crippen LogP contribution >= 0.6 is 0 Å². The number of rotatable bonds is 6. The number of aromatic nitrogens is 3. The number of esters is 1. The predicted octanol–water partition coefficient (Wildman–Crippen LogP) is 0.978. The van der Waals surface area contributed by atoms with Crippen LogP contribution in [0.5, 0.6) is 0 Å². The van der Waals surface area contributed by atoms with Gasteiger partial charge in [0, 0.05) is 5.69 Å². The van der Waals surface area contributed by atoms with Gasteiger partial charge in [-0.3, -0.25) is 0 Å². The maximum absolute atomic E-state index is 11.5. The van der Waals surface area contributed by atoms with Gasteiger partial charge in [-0.25, -0.2) is 9.48 Å². The highest BCUT2D eigenvalue weighted by molar-refractivity contribution is 5.90. The molecular formula is C14H18N4O3. The Morgan fingerprint density at radius 2 is 2.29 bits per heavy atom. The van der Waals surface area contributed by atoms with Crippen molar-refractivity contribution in [1.82, 2.24) is 15.0 Å². The number of ether oxygens (including phenoxy) is 1. The molecule has 0 radical (unpaired) electrons. The maximum atomic E-state index is 11.5. The molecule has 1 aromatic heterocycles. The summed E-state index contributed by atoms with van der Waals surface area (Å²) in [6.07, 6.45) is 1.77. The zero-order chi connectivity index (χ0) is 15.2. The van der Waals surface area contributed by atoms with Gasteiger partial charge in [0.25, 0.3) is 0 Å². The lowest BCUT2D eigenvalue weighted by molar-refractivity contribution is 0.0601. The van der Waals surface area contributed by atoms with Crippen molar-refractivity contribution >= 4 is 11.7 Å². The van der Waals surface area contributed by atoms with E-state index in [4.69, 9.17) is 9.84 Å². The summed E-state index contributed by atoms with van der Waals surface area (Å²) < 4.78 is 6.29. The fourth-order valence-electron chi connectivity index (χ4n) is 1.87. The van der Waals surface area contributed by atoms with Gasteiger partial charge >= 0.3 is 5.97 Å². The summed E-state index contributed by atoms with van der Waals surface area (Å²) in [5.74, 6) is -0.369. The van der Waals surface area contributed by atoms with Crippen LogP contribution in [0.3, 0.4) is 0 Å². The molecule has 0 aliphatic heterocycles. The fourth-order valence-corrected chi connectivity index (χ4v) is 1.87. The van der Waals surface area contributed by atoms with Crippen molar-refractivity contribution in [1.29, 1.82) is 0 Å². The fraction of sp³-hybridized carbons (Fsp3) is 0.357. The summed E-state index contributed by atoms with van der Waals surface area (Å²) in [4.78, 5) is 11.5. The van der Waals surface area contributed by atoms with Crippen LogP contribution in [-0.4, -0.2) is 39.8 Å². The van der Waals surface area contributed by atoms with Gasteiger partial charge in [-0.1, -0.05) is 11.3 Å². The summed E-state index contributed by atoms with van der Waals surface area (Å²) in [7, 11) is 1.36. The number of benzene rings is 1. The number of hydrogen-bond donors (Lipinski definition) is 2. The maximum Gasteiger partial charge on any atom is 0.337 e. The standard InChI is InChI=1S/C14H18N4O3/c1-10-3-4-11(14(20)21-2)7-13(10)15-8-12-9-18(5-6-19)17-16-12/h3-4,7,9,15,19H,5-6,8H2,1-2H3. The number of anilines is 1. The van der Waals surface area contributed by atoms with Gasteiger partial charge in [-0.15, -0.1) is 5.10 Å². The molecule has 0 aliphatic rings. The van der Waals surface area contributed by atoms with Gasteiger partial charge in [0.15, 0.2) is 0 Å². The van der Waals surface area contributed by atoms with Crippen molar-refractivity contribution in [3.63, 3.8) is 0 Å². The van der Waals surface area contributed by atoms with E-state index < -0.39 is 0 Å². The van der Waals surface area contributed by atoms with Crippen molar-refractivity contribution in [2.75, 3.05) is 19.0 Å². The third-order valence-electron chi connectivity index (χ3n) is 3.03. The molecule has 0 spiro atoms. The Morgan fingerprint density at radius 3 is 3.00 bits per heavy atom. The zero-order valence-corrected chi connectivity index (χ0v) is 12.0. The first-order chi connectivity index (χ1) is 10.1. The van der Waals surface area contributed by atoms with Crippen LogP contribution in [0, 0.1) is 6.92 Å². The van der Waals surface area contributed by atoms with Crippen LogP contribution < -0.4 is 5.32 Å². The highest BCUT2D eigenvalue weighted by Crippen LogP contribution is 2.18. The molecule has 2 aromatic rings. The summed E-state index contributed by atoms with van der Waals surface area (Å²) in [6.45, 7) is 2.88. The van der Waals surface area contributed by atoms with Crippen molar-refractivity contribution in [3.8, 4) is 0 Å². The molecule has 0 saturated heterocycles. The largest absolute Gasteiger partial charge is 0.465 e. The van der Waals surface area contributed by atoms with Gasteiger partial charge in [0.2, 0.25) is 0 Å². The average molecular weight is 290 g/mol. The molecular weight excluding hydrogens is 272 g/mol. The quantitative estimate of drug-likeness (QED) is 0.771. The van der Waals surface area contributed by atoms with E-state index in [-0.39, 0.29) is 12.6 Å². The Labute approximate surface area is 122 Å². The first-order valence-electron chi connectivity index (χ1n) is 6.56. The van der Waals surface area contributed by atoms with E-state index in [1.807, 2.05) is 13.0 Å². The molecule has 1 heterocycles. The first-order valence-corrected chi connectivity index (χ1v) is 6.56. The zero-order valence-electron chi connectivity index (χ0n) is 12.0. The Balaban J connectivity index is 2.06. The summed E-state index contributed by atoms with van der Waals surface area (Å²) in [5, 5.41) is 19.9. The van der Waals surface area contributed by atoms with Crippen LogP contribution in [0.25, 0.3) is 0 Å². The Morgan fingerprint density at radius 1 is 1.48 bits per heavy atom. The Kier molecular flexibility index (Phi) is 4.89. The minimum Gasteiger partial charge on any atom is -0.465 e. The molecule has 7 nitrogen and oxygen atoms in total. The molecule has 0 aliphatic carbocycles. The summed E-state index contributed by atoms with van der Waals surface area (Å²) in [6, 6.07) is 5.33. The van der Waals surface area contributed by atoms with Crippen molar-refractivity contribution in [2.24, 2.45) is 0 Å². The lowest BCUT2D eigenvalue weighted by Crippen LogP contribution is -2.05. The second-order valence-corrected chi connectivity index (χ2v) is 4.57. The summed E-state index contributed by atoms with van der Waals surface area (Å²) in [5.41, 5.74) is 3.11. The van der Waals surface area contributed by atoms with Gasteiger partial charge in [0.05, 0.1) is 38.6 Å². The van der Waals surface area contributed by atoms with E-state index in [1.54, 1.807) is 23.0 Å². The lowest BCUT2D eigenvalue weighted by atomic mass is 10.1. The third-order valence-corrected chi connectivity index (χ3v) is 3.03. The van der Waals surface area contributed by atoms with Crippen molar-refractivity contribution in [3.05, 3.63) is 41.2 Å². The molecule has 0 unspecified atom stereocenters. The van der Waals surface area contributed by atoms with E-state index in [0.29, 0.717) is 18.7 Å². The van der Waals surface area contributed by atoms with Crippen LogP contribution in [0.4, 0.5) is 5.69 Å². The number of carbonyl (C=O) groups excluding carboxylic acids is 1. The van der Waals surface area contributed by atoms with Gasteiger partial charge < -0.3 is 15.2 Å². The number of nitrogens with one attached hydrogen (secondary N) is 1. The smallest absolute Gasteiger partial charge is 0.337 e. The number of hydrogen-bond acceptors (Lipinski definition) is 6. The van der Waals surface area contributed by atoms with E-state index >= 15 is 0 Å². The number of methoxy groups -OCH3 is 1. The number of aliphatic hydroxyl groups excluding tert-OH is 1. The number of carbonyl (C=O) groups is 1. The summed E-state index contributed by atoms with van der Waals surface area (Å²) >= 11 is 0. The molecule has 21 heavy (non-hydrogen) atoms. The molecule has 2 rings (SSSR count). The molecule has 7 heteroatoms.